The van der Waals surface area contributed by atoms with Gasteiger partial charge in [-0.1, -0.05) is 11.6 Å². The lowest BCUT2D eigenvalue weighted by molar-refractivity contribution is 0.0681. The third kappa shape index (κ3) is 5.37. The second-order valence-electron chi connectivity index (χ2n) is 8.51. The van der Waals surface area contributed by atoms with E-state index in [4.69, 9.17) is 21.4 Å². The van der Waals surface area contributed by atoms with E-state index in [1.165, 1.54) is 0 Å². The molecule has 0 saturated carbocycles. The molecule has 1 fully saturated rings. The molecule has 8 heteroatoms. The monoisotopic (exact) mass is 468 g/mol. The van der Waals surface area contributed by atoms with Crippen LogP contribution in [0, 0.1) is 12.8 Å². The van der Waals surface area contributed by atoms with Gasteiger partial charge in [0.05, 0.1) is 12.1 Å². The molecule has 1 N–H and O–H groups in total. The zero-order chi connectivity index (χ0) is 23.4. The molecule has 7 nitrogen and oxygen atoms in total. The fourth-order valence-corrected chi connectivity index (χ4v) is 4.47. The van der Waals surface area contributed by atoms with E-state index in [0.29, 0.717) is 35.2 Å². The van der Waals surface area contributed by atoms with E-state index >= 15 is 0 Å². The SMILES string of the molecule is COCCNC(=O)c1ccc2nn(CC3CCN(C(=O)c4ccc(Cl)cc4)CC3)cc2c1C. The van der Waals surface area contributed by atoms with E-state index in [1.54, 1.807) is 31.4 Å². The summed E-state index contributed by atoms with van der Waals surface area (Å²) in [7, 11) is 1.61. The Bertz CT molecular complexity index is 1130. The van der Waals surface area contributed by atoms with Crippen LogP contribution in [0.3, 0.4) is 0 Å². The third-order valence-corrected chi connectivity index (χ3v) is 6.53. The number of carbonyl (C=O) groups is 2. The van der Waals surface area contributed by atoms with Crippen molar-refractivity contribution in [3.8, 4) is 0 Å². The van der Waals surface area contributed by atoms with E-state index in [9.17, 15) is 9.59 Å². The molecule has 3 aromatic rings. The van der Waals surface area contributed by atoms with Crippen LogP contribution < -0.4 is 5.32 Å². The summed E-state index contributed by atoms with van der Waals surface area (Å²) in [5, 5.41) is 9.22. The molecule has 0 radical (unpaired) electrons. The van der Waals surface area contributed by atoms with Gasteiger partial charge in [0.2, 0.25) is 0 Å². The van der Waals surface area contributed by atoms with Gasteiger partial charge >= 0.3 is 0 Å². The number of halogens is 1. The standard InChI is InChI=1S/C25H29ClN4O3/c1-17-21(24(31)27-11-14-33-2)7-8-23-22(17)16-30(28-23)15-18-9-12-29(13-10-18)25(32)19-3-5-20(26)6-4-19/h3-8,16,18H,9-15H2,1-2H3,(H,27,31). The zero-order valence-electron chi connectivity index (χ0n) is 19.0. The van der Waals surface area contributed by atoms with Gasteiger partial charge in [0.25, 0.3) is 11.8 Å². The summed E-state index contributed by atoms with van der Waals surface area (Å²) in [6.45, 7) is 5.18. The molecule has 0 spiro atoms. The van der Waals surface area contributed by atoms with Gasteiger partial charge in [-0.05, 0) is 67.6 Å². The molecule has 33 heavy (non-hydrogen) atoms. The van der Waals surface area contributed by atoms with Crippen LogP contribution in [0.25, 0.3) is 10.9 Å². The number of rotatable bonds is 7. The smallest absolute Gasteiger partial charge is 0.253 e. The highest BCUT2D eigenvalue weighted by atomic mass is 35.5. The van der Waals surface area contributed by atoms with Crippen LogP contribution in [-0.2, 0) is 11.3 Å². The second-order valence-corrected chi connectivity index (χ2v) is 8.95. The second kappa shape index (κ2) is 10.4. The quantitative estimate of drug-likeness (QED) is 0.533. The summed E-state index contributed by atoms with van der Waals surface area (Å²) < 4.78 is 6.97. The molecule has 2 heterocycles. The summed E-state index contributed by atoms with van der Waals surface area (Å²) in [6, 6.07) is 10.8. The molecule has 1 aromatic heterocycles. The van der Waals surface area contributed by atoms with Crippen LogP contribution in [0.2, 0.25) is 5.02 Å². The van der Waals surface area contributed by atoms with Gasteiger partial charge in [-0.15, -0.1) is 0 Å². The number of aromatic nitrogens is 2. The molecular weight excluding hydrogens is 440 g/mol. The first kappa shape index (κ1) is 23.3. The van der Waals surface area contributed by atoms with Gasteiger partial charge in [-0.3, -0.25) is 14.3 Å². The predicted molar refractivity (Wildman–Crippen MR) is 129 cm³/mol. The number of aryl methyl sites for hydroxylation is 1. The molecule has 0 aliphatic carbocycles. The van der Waals surface area contributed by atoms with E-state index in [0.717, 1.165) is 48.9 Å². The Morgan fingerprint density at radius 3 is 2.58 bits per heavy atom. The van der Waals surface area contributed by atoms with E-state index in [1.807, 2.05) is 34.8 Å². The number of nitrogens with zero attached hydrogens (tertiary/aromatic N) is 3. The highest BCUT2D eigenvalue weighted by Crippen LogP contribution is 2.24. The number of methoxy groups -OCH3 is 1. The van der Waals surface area contributed by atoms with Crippen LogP contribution in [-0.4, -0.2) is 59.8 Å². The Hall–Kier alpha value is -2.90. The lowest BCUT2D eigenvalue weighted by atomic mass is 9.96. The molecule has 0 atom stereocenters. The maximum atomic E-state index is 12.7. The number of nitrogens with one attached hydrogen (secondary N) is 1. The minimum absolute atomic E-state index is 0.0573. The third-order valence-electron chi connectivity index (χ3n) is 6.28. The summed E-state index contributed by atoms with van der Waals surface area (Å²) in [6.07, 6.45) is 3.89. The molecule has 2 aromatic carbocycles. The number of ether oxygens (including phenoxy) is 1. The average Bonchev–Trinajstić information content (AvgIpc) is 3.23. The Morgan fingerprint density at radius 2 is 1.88 bits per heavy atom. The van der Waals surface area contributed by atoms with Crippen molar-refractivity contribution in [1.82, 2.24) is 20.0 Å². The minimum atomic E-state index is -0.100. The van der Waals surface area contributed by atoms with Crippen LogP contribution in [0.4, 0.5) is 0 Å². The maximum absolute atomic E-state index is 12.7. The molecular formula is C25H29ClN4O3. The number of hydrogen-bond donors (Lipinski definition) is 1. The van der Waals surface area contributed by atoms with Gasteiger partial charge in [-0.25, -0.2) is 0 Å². The number of amides is 2. The highest BCUT2D eigenvalue weighted by Gasteiger charge is 2.24. The molecule has 2 amide bonds. The van der Waals surface area contributed by atoms with Crippen molar-refractivity contribution in [2.45, 2.75) is 26.3 Å². The lowest BCUT2D eigenvalue weighted by Crippen LogP contribution is -2.39. The number of carbonyl (C=O) groups excluding carboxylic acids is 2. The molecule has 1 saturated heterocycles. The molecule has 4 rings (SSSR count). The van der Waals surface area contributed by atoms with Crippen LogP contribution >= 0.6 is 11.6 Å². The van der Waals surface area contributed by atoms with Gasteiger partial charge in [-0.2, -0.15) is 5.10 Å². The first-order valence-corrected chi connectivity index (χ1v) is 11.6. The summed E-state index contributed by atoms with van der Waals surface area (Å²) in [5.74, 6) is 0.407. The topological polar surface area (TPSA) is 76.5 Å². The Balaban J connectivity index is 1.37. The largest absolute Gasteiger partial charge is 0.383 e. The van der Waals surface area contributed by atoms with Crippen molar-refractivity contribution in [2.24, 2.45) is 5.92 Å². The van der Waals surface area contributed by atoms with E-state index in [2.05, 4.69) is 5.32 Å². The number of piperidine rings is 1. The highest BCUT2D eigenvalue weighted by molar-refractivity contribution is 6.30. The first-order chi connectivity index (χ1) is 16.0. The van der Waals surface area contributed by atoms with Crippen molar-refractivity contribution in [2.75, 3.05) is 33.4 Å². The number of benzene rings is 2. The van der Waals surface area contributed by atoms with Crippen molar-refractivity contribution in [1.29, 1.82) is 0 Å². The van der Waals surface area contributed by atoms with Crippen molar-refractivity contribution in [3.63, 3.8) is 0 Å². The predicted octanol–water partition coefficient (Wildman–Crippen LogP) is 3.93. The normalized spacial score (nSPS) is 14.6. The molecule has 1 aliphatic heterocycles. The molecule has 1 aliphatic rings. The number of likely N-dealkylation sites (tertiary alicyclic amines) is 1. The van der Waals surface area contributed by atoms with Gasteiger partial charge < -0.3 is 15.0 Å². The van der Waals surface area contributed by atoms with Gasteiger partial charge in [0, 0.05) is 61.0 Å². The first-order valence-electron chi connectivity index (χ1n) is 11.2. The maximum Gasteiger partial charge on any atom is 0.253 e. The Labute approximate surface area is 198 Å². The lowest BCUT2D eigenvalue weighted by Gasteiger charge is -2.32. The minimum Gasteiger partial charge on any atom is -0.383 e. The number of fused-ring (bicyclic) bond motifs is 1. The van der Waals surface area contributed by atoms with Crippen molar-refractivity contribution < 1.29 is 14.3 Å². The fourth-order valence-electron chi connectivity index (χ4n) is 4.34. The van der Waals surface area contributed by atoms with E-state index < -0.39 is 0 Å². The summed E-state index contributed by atoms with van der Waals surface area (Å²) in [4.78, 5) is 27.1. The van der Waals surface area contributed by atoms with Gasteiger partial charge in [0.15, 0.2) is 0 Å². The Morgan fingerprint density at radius 1 is 1.15 bits per heavy atom. The van der Waals surface area contributed by atoms with Crippen LogP contribution in [0.1, 0.15) is 39.1 Å². The van der Waals surface area contributed by atoms with E-state index in [-0.39, 0.29) is 11.8 Å². The fraction of sp³-hybridized carbons (Fsp3) is 0.400. The number of hydrogen-bond acceptors (Lipinski definition) is 4. The van der Waals surface area contributed by atoms with Crippen molar-refractivity contribution in [3.05, 3.63) is 64.3 Å². The molecule has 0 unspecified atom stereocenters. The average molecular weight is 469 g/mol. The Kier molecular flexibility index (Phi) is 7.30. The zero-order valence-corrected chi connectivity index (χ0v) is 19.8. The molecule has 0 bridgehead atoms. The summed E-state index contributed by atoms with van der Waals surface area (Å²) >= 11 is 5.93. The summed E-state index contributed by atoms with van der Waals surface area (Å²) in [5.41, 5.74) is 3.15. The van der Waals surface area contributed by atoms with Crippen LogP contribution in [0.15, 0.2) is 42.6 Å². The van der Waals surface area contributed by atoms with Crippen LogP contribution in [0.5, 0.6) is 0 Å². The van der Waals surface area contributed by atoms with Crippen molar-refractivity contribution >= 4 is 34.3 Å². The molecule has 174 valence electrons. The van der Waals surface area contributed by atoms with Gasteiger partial charge in [0.1, 0.15) is 0 Å².